The minimum atomic E-state index is -3.45. The zero-order valence-electron chi connectivity index (χ0n) is 67.2. The Labute approximate surface area is 749 Å². The molecule has 0 atom stereocenters. The Morgan fingerprint density at radius 1 is 0.355 bits per heavy atom. The molecule has 21 heteroatoms. The van der Waals surface area contributed by atoms with Crippen molar-refractivity contribution < 1.29 is 53.0 Å². The number of benzene rings is 15. The highest BCUT2D eigenvalue weighted by Gasteiger charge is 2.43. The highest BCUT2D eigenvalue weighted by atomic mass is 32.2. The molecule has 16 aromatic rings. The Bertz CT molecular complexity index is 6370. The van der Waals surface area contributed by atoms with Gasteiger partial charge in [0.2, 0.25) is 25.0 Å². The third-order valence-corrected chi connectivity index (χ3v) is 37.4. The van der Waals surface area contributed by atoms with Crippen LogP contribution in [0.3, 0.4) is 0 Å². The fourth-order valence-corrected chi connectivity index (χ4v) is 30.5. The first-order chi connectivity index (χ1) is 60.9. The predicted octanol–water partition coefficient (Wildman–Crippen LogP) is 22.8. The molecular formula is C103H87O12S9+5. The monoisotopic (exact) mass is 1800 g/mol. The number of esters is 1. The van der Waals surface area contributed by atoms with Crippen molar-refractivity contribution in [3.63, 3.8) is 0 Å². The van der Waals surface area contributed by atoms with Crippen molar-refractivity contribution in [1.29, 1.82) is 0 Å². The molecule has 0 saturated carbocycles. The zero-order valence-corrected chi connectivity index (χ0v) is 74.5. The molecule has 0 fully saturated rings. The van der Waals surface area contributed by atoms with Gasteiger partial charge < -0.3 is 39.7 Å². The van der Waals surface area contributed by atoms with Gasteiger partial charge in [0.1, 0.15) is 43.6 Å². The van der Waals surface area contributed by atoms with Crippen LogP contribution in [0.4, 0.5) is 0 Å². The highest BCUT2D eigenvalue weighted by molar-refractivity contribution is 8.04. The molecule has 15 aromatic carbocycles. The second-order valence-electron chi connectivity index (χ2n) is 28.4. The molecule has 0 spiro atoms. The number of ether oxygens (including phenoxy) is 3. The molecule has 12 nitrogen and oxygen atoms in total. The maximum absolute atomic E-state index is 12.9. The number of fused-ring (bicyclic) bond motifs is 10. The minimum absolute atomic E-state index is 0.00738. The smallest absolute Gasteiger partial charge is 0.338 e. The van der Waals surface area contributed by atoms with Gasteiger partial charge in [0.15, 0.2) is 86.3 Å². The minimum Gasteiger partial charge on any atom is -0.462 e. The summed E-state index contributed by atoms with van der Waals surface area (Å²) in [5, 5.41) is 46.5. The Hall–Kier alpha value is -10.5. The van der Waals surface area contributed by atoms with Crippen molar-refractivity contribution in [3.8, 4) is 27.9 Å². The number of aliphatic hydroxyl groups is 5. The van der Waals surface area contributed by atoms with Gasteiger partial charge in [-0.1, -0.05) is 169 Å². The van der Waals surface area contributed by atoms with Gasteiger partial charge >= 0.3 is 5.97 Å². The Morgan fingerprint density at radius 3 is 1.17 bits per heavy atom. The number of rotatable bonds is 19. The van der Waals surface area contributed by atoms with Crippen LogP contribution >= 0.6 is 45.8 Å². The first kappa shape index (κ1) is 87.0. The van der Waals surface area contributed by atoms with Gasteiger partial charge in [-0.25, -0.2) is 13.2 Å². The van der Waals surface area contributed by atoms with Gasteiger partial charge in [-0.2, -0.15) is 0 Å². The van der Waals surface area contributed by atoms with Crippen LogP contribution in [-0.2, 0) is 71.0 Å². The van der Waals surface area contributed by atoms with Crippen molar-refractivity contribution in [2.75, 3.05) is 51.1 Å². The predicted molar refractivity (Wildman–Crippen MR) is 506 cm³/mol. The number of aliphatic hydroxyl groups excluding tert-OH is 5. The van der Waals surface area contributed by atoms with Crippen molar-refractivity contribution in [2.45, 2.75) is 107 Å². The topological polar surface area (TPSA) is 197 Å². The largest absolute Gasteiger partial charge is 0.462 e. The summed E-state index contributed by atoms with van der Waals surface area (Å²) in [7, 11) is -4.51. The van der Waals surface area contributed by atoms with Gasteiger partial charge in [0.05, 0.1) is 66.4 Å². The van der Waals surface area contributed by atoms with Gasteiger partial charge in [-0.3, -0.25) is 4.79 Å². The Kier molecular flexibility index (Phi) is 29.1. The summed E-state index contributed by atoms with van der Waals surface area (Å²) in [6.45, 7) is 0.409. The Morgan fingerprint density at radius 2 is 0.734 bits per heavy atom. The van der Waals surface area contributed by atoms with Gasteiger partial charge in [0.25, 0.3) is 0 Å². The fraction of sp³-hybridized carbons (Fsp3) is 0.107. The molecule has 4 aliphatic rings. The van der Waals surface area contributed by atoms with Crippen molar-refractivity contribution in [2.24, 2.45) is 0 Å². The summed E-state index contributed by atoms with van der Waals surface area (Å²) in [5.41, 5.74) is 2.91. The highest BCUT2D eigenvalue weighted by Crippen LogP contribution is 2.53. The van der Waals surface area contributed by atoms with E-state index in [1.165, 1.54) is 79.7 Å². The lowest BCUT2D eigenvalue weighted by molar-refractivity contribution is 0.0482. The molecule has 5 N–H and O–H groups in total. The SMILES string of the molecule is O=C(OCCCO)c1ccc(-[s+]2c3ccccc3c(=O)c3ccccc32)cc1.O=S(=O)(CCO)c1ccc([S+]2c3ccccc3Oc3ccccc32)cc1.OCCSc1ccc([S+]2c3ccccc3Oc3ccccc32)cc1.OCCc1ccc([S+]2c3ccccc3Sc3ccccc32)cc1.OCCc1cccc([S+]2c3ccccc3Sc3ccccc32)c1. The summed E-state index contributed by atoms with van der Waals surface area (Å²) < 4.78 is 43.5. The molecule has 0 unspecified atom stereocenters. The van der Waals surface area contributed by atoms with Gasteiger partial charge in [0, 0.05) is 47.4 Å². The second-order valence-corrected chi connectivity index (χ2v) is 43.6. The first-order valence-corrected chi connectivity index (χ1v) is 50.7. The van der Waals surface area contributed by atoms with Crippen LogP contribution in [0, 0.1) is 0 Å². The van der Waals surface area contributed by atoms with E-state index < -0.39 is 26.3 Å². The number of thioether (sulfide) groups is 1. The summed E-state index contributed by atoms with van der Waals surface area (Å²) in [6, 6.07) is 123. The number of para-hydroxylation sites is 4. The van der Waals surface area contributed by atoms with Crippen LogP contribution in [0.5, 0.6) is 23.0 Å². The van der Waals surface area contributed by atoms with E-state index in [9.17, 15) is 23.1 Å². The summed E-state index contributed by atoms with van der Waals surface area (Å²) in [4.78, 5) is 48.1. The molecule has 5 heterocycles. The van der Waals surface area contributed by atoms with Gasteiger partial charge in [-0.15, -0.1) is 11.8 Å². The molecule has 4 aliphatic heterocycles. The van der Waals surface area contributed by atoms with E-state index in [-0.39, 0.29) is 99.3 Å². The van der Waals surface area contributed by atoms with E-state index in [1.807, 2.05) is 169 Å². The lowest BCUT2D eigenvalue weighted by Gasteiger charge is -2.19. The van der Waals surface area contributed by atoms with E-state index in [4.69, 9.17) is 34.6 Å². The average molecular weight is 1810 g/mol. The average Bonchev–Trinajstić information content (AvgIpc) is 0.786. The lowest BCUT2D eigenvalue weighted by atomic mass is 10.2. The van der Waals surface area contributed by atoms with Crippen molar-refractivity contribution >= 4 is 125 Å². The first-order valence-electron chi connectivity index (χ1n) is 40.3. The number of carbonyl (C=O) groups is 1. The lowest BCUT2D eigenvalue weighted by Crippen LogP contribution is -2.13. The molecule has 20 rings (SSSR count). The molecule has 0 saturated heterocycles. The third kappa shape index (κ3) is 19.7. The zero-order chi connectivity index (χ0) is 85.3. The standard InChI is InChI=1S/C23H19O4S.C20H17O4S2.C20H17O2S2.2C20H17OS2/c24-14-5-15-27-23(26)16-10-12-17(13-11-16)28-20-8-3-1-6-18(20)22(25)19-7-2-4-9-21(19)28;21-13-14-26(22,23)16-11-9-15(10-12-16)25-19-7-3-1-5-17(19)24-18-6-2-4-8-20(18)25;21-13-14-23-15-9-11-16(12-10-15)24-19-7-3-1-5-17(19)22-18-6-2-4-8-20(18)24;21-13-12-15-6-5-7-16(14-15)23-19-10-3-1-8-17(19)22-18-9-2-4-11-20(18)23;21-14-13-15-9-11-16(12-10-15)23-19-7-3-1-5-17(19)22-18-6-2-4-8-20(18)23/h1-4,6-13,24H,5,14-15H2;1-12,21H,13-14H2;1-12,21H,13-14H2;1-11,14,21H,12-13H2;1-12,21H,13-14H2/q5*+1. The maximum atomic E-state index is 12.9. The molecule has 0 aliphatic carbocycles. The fourth-order valence-electron chi connectivity index (χ4n) is 14.5. The summed E-state index contributed by atoms with van der Waals surface area (Å²) >= 11 is 5.40. The van der Waals surface area contributed by atoms with Crippen molar-refractivity contribution in [1.82, 2.24) is 0 Å². The number of hydrogen-bond donors (Lipinski definition) is 5. The van der Waals surface area contributed by atoms with E-state index in [2.05, 4.69) is 194 Å². The van der Waals surface area contributed by atoms with Crippen LogP contribution in [0.2, 0.25) is 0 Å². The van der Waals surface area contributed by atoms with E-state index in [1.54, 1.807) is 36.0 Å². The maximum Gasteiger partial charge on any atom is 0.338 e. The third-order valence-electron chi connectivity index (χ3n) is 20.3. The molecular weight excluding hydrogens is 1720 g/mol. The van der Waals surface area contributed by atoms with E-state index >= 15 is 0 Å². The normalized spacial score (nSPS) is 12.8. The van der Waals surface area contributed by atoms with Crippen LogP contribution in [0.15, 0.2) is 457 Å². The Balaban J connectivity index is 0.000000115. The van der Waals surface area contributed by atoms with E-state index in [0.29, 0.717) is 18.4 Å². The van der Waals surface area contributed by atoms with Crippen molar-refractivity contribution in [3.05, 3.63) is 391 Å². The summed E-state index contributed by atoms with van der Waals surface area (Å²) in [5.74, 6) is 3.60. The van der Waals surface area contributed by atoms with Crippen LogP contribution in [0.25, 0.3) is 25.1 Å². The van der Waals surface area contributed by atoms with Crippen LogP contribution in [-0.4, -0.2) is 91.1 Å². The number of sulfone groups is 1. The summed E-state index contributed by atoms with van der Waals surface area (Å²) in [6.07, 6.45) is 1.86. The molecule has 0 bridgehead atoms. The molecule has 124 heavy (non-hydrogen) atoms. The molecule has 0 radical (unpaired) electrons. The number of hydrogen-bond acceptors (Lipinski definition) is 15. The molecule has 1 aromatic heterocycles. The number of carbonyl (C=O) groups excluding carboxylic acids is 1. The molecule has 0 amide bonds. The second kappa shape index (κ2) is 41.5. The van der Waals surface area contributed by atoms with Crippen LogP contribution in [0.1, 0.15) is 27.9 Å². The van der Waals surface area contributed by atoms with Crippen LogP contribution < -0.4 is 14.9 Å². The van der Waals surface area contributed by atoms with Gasteiger partial charge in [-0.05, 0) is 242 Å². The van der Waals surface area contributed by atoms with E-state index in [0.717, 1.165) is 74.9 Å². The molecule has 620 valence electrons. The quantitative estimate of drug-likeness (QED) is 0.0168.